The molecule has 0 aliphatic heterocycles. The van der Waals surface area contributed by atoms with E-state index in [4.69, 9.17) is 5.73 Å². The maximum absolute atomic E-state index is 5.58. The van der Waals surface area contributed by atoms with E-state index in [-0.39, 0.29) is 0 Å². The topological polar surface area (TPSA) is 43.8 Å². The van der Waals surface area contributed by atoms with Crippen molar-refractivity contribution in [3.63, 3.8) is 0 Å². The lowest BCUT2D eigenvalue weighted by atomic mass is 10.1. The maximum Gasteiger partial charge on any atom is 0.0929 e. The van der Waals surface area contributed by atoms with Gasteiger partial charge < -0.3 is 5.73 Å². The summed E-state index contributed by atoms with van der Waals surface area (Å²) in [6.45, 7) is 5.69. The van der Waals surface area contributed by atoms with Crippen molar-refractivity contribution in [1.29, 1.82) is 0 Å². The molecule has 0 fully saturated rings. The van der Waals surface area contributed by atoms with Crippen LogP contribution in [0.1, 0.15) is 18.2 Å². The molecule has 3 heteroatoms. The van der Waals surface area contributed by atoms with Gasteiger partial charge in [0.1, 0.15) is 0 Å². The smallest absolute Gasteiger partial charge is 0.0929 e. The summed E-state index contributed by atoms with van der Waals surface area (Å²) in [5, 5.41) is 5.73. The molecule has 0 atom stereocenters. The first kappa shape index (κ1) is 9.21. The van der Waals surface area contributed by atoms with Crippen LogP contribution in [0.3, 0.4) is 0 Å². The third kappa shape index (κ3) is 1.30. The molecular formula is C11H15N3. The molecule has 0 aliphatic rings. The minimum atomic E-state index is 0.577. The predicted molar refractivity (Wildman–Crippen MR) is 58.0 cm³/mol. The summed E-state index contributed by atoms with van der Waals surface area (Å²) < 4.78 is 2.02. The highest BCUT2D eigenvalue weighted by Gasteiger charge is 2.05. The molecule has 14 heavy (non-hydrogen) atoms. The van der Waals surface area contributed by atoms with Gasteiger partial charge in [0.25, 0.3) is 0 Å². The zero-order valence-electron chi connectivity index (χ0n) is 8.62. The normalized spacial score (nSPS) is 11.1. The molecule has 3 nitrogen and oxygen atoms in total. The average molecular weight is 189 g/mol. The Morgan fingerprint density at radius 3 is 2.86 bits per heavy atom. The summed E-state index contributed by atoms with van der Waals surface area (Å²) in [7, 11) is 0. The van der Waals surface area contributed by atoms with E-state index < -0.39 is 0 Å². The fourth-order valence-electron chi connectivity index (χ4n) is 1.74. The third-order valence-corrected chi connectivity index (χ3v) is 2.60. The summed E-state index contributed by atoms with van der Waals surface area (Å²) in [4.78, 5) is 0. The SMILES string of the molecule is CCn1nc2cc(CN)ccc2c1C. The quantitative estimate of drug-likeness (QED) is 0.783. The second-order valence-electron chi connectivity index (χ2n) is 3.46. The molecule has 0 saturated heterocycles. The first-order chi connectivity index (χ1) is 6.76. The van der Waals surface area contributed by atoms with Crippen LogP contribution in [0, 0.1) is 6.92 Å². The van der Waals surface area contributed by atoms with E-state index in [0.29, 0.717) is 6.54 Å². The Labute approximate surface area is 83.5 Å². The number of rotatable bonds is 2. The van der Waals surface area contributed by atoms with Crippen LogP contribution in [-0.4, -0.2) is 9.78 Å². The van der Waals surface area contributed by atoms with Crippen molar-refractivity contribution >= 4 is 10.9 Å². The number of benzene rings is 1. The highest BCUT2D eigenvalue weighted by molar-refractivity contribution is 5.82. The van der Waals surface area contributed by atoms with E-state index in [9.17, 15) is 0 Å². The minimum absolute atomic E-state index is 0.577. The number of nitrogens with zero attached hydrogens (tertiary/aromatic N) is 2. The predicted octanol–water partition coefficient (Wildman–Crippen LogP) is 1.82. The fourth-order valence-corrected chi connectivity index (χ4v) is 1.74. The van der Waals surface area contributed by atoms with Gasteiger partial charge in [-0.3, -0.25) is 4.68 Å². The van der Waals surface area contributed by atoms with Crippen LogP contribution in [0.25, 0.3) is 10.9 Å². The van der Waals surface area contributed by atoms with Gasteiger partial charge in [0.15, 0.2) is 0 Å². The van der Waals surface area contributed by atoms with Crippen LogP contribution >= 0.6 is 0 Å². The largest absolute Gasteiger partial charge is 0.326 e. The molecule has 0 bridgehead atoms. The van der Waals surface area contributed by atoms with Crippen LogP contribution in [0.4, 0.5) is 0 Å². The van der Waals surface area contributed by atoms with Crippen LogP contribution in [0.5, 0.6) is 0 Å². The molecule has 0 aliphatic carbocycles. The first-order valence-electron chi connectivity index (χ1n) is 4.92. The molecule has 1 aromatic heterocycles. The Morgan fingerprint density at radius 1 is 1.43 bits per heavy atom. The molecule has 0 radical (unpaired) electrons. The standard InChI is InChI=1S/C11H15N3/c1-3-14-8(2)10-5-4-9(7-12)6-11(10)13-14/h4-6H,3,7,12H2,1-2H3. The van der Waals surface area contributed by atoms with Crippen LogP contribution in [-0.2, 0) is 13.1 Å². The number of aryl methyl sites for hydroxylation is 2. The summed E-state index contributed by atoms with van der Waals surface area (Å²) in [5.74, 6) is 0. The lowest BCUT2D eigenvalue weighted by Gasteiger charge is -1.96. The fraction of sp³-hybridized carbons (Fsp3) is 0.364. The van der Waals surface area contributed by atoms with Crippen LogP contribution < -0.4 is 5.73 Å². The molecule has 2 N–H and O–H groups in total. The highest BCUT2D eigenvalue weighted by Crippen LogP contribution is 2.18. The molecule has 0 unspecified atom stereocenters. The van der Waals surface area contributed by atoms with Gasteiger partial charge in [0, 0.05) is 24.2 Å². The Bertz CT molecular complexity index is 457. The van der Waals surface area contributed by atoms with Crippen LogP contribution in [0.15, 0.2) is 18.2 Å². The van der Waals surface area contributed by atoms with E-state index in [1.165, 1.54) is 11.1 Å². The van der Waals surface area contributed by atoms with Gasteiger partial charge in [-0.2, -0.15) is 5.10 Å². The lowest BCUT2D eigenvalue weighted by Crippen LogP contribution is -1.97. The molecule has 2 aromatic rings. The third-order valence-electron chi connectivity index (χ3n) is 2.60. The number of hydrogen-bond donors (Lipinski definition) is 1. The number of fused-ring (bicyclic) bond motifs is 1. The maximum atomic E-state index is 5.58. The molecule has 0 spiro atoms. The van der Waals surface area contributed by atoms with E-state index in [1.807, 2.05) is 4.68 Å². The highest BCUT2D eigenvalue weighted by atomic mass is 15.3. The van der Waals surface area contributed by atoms with Gasteiger partial charge in [0.2, 0.25) is 0 Å². The summed E-state index contributed by atoms with van der Waals surface area (Å²) in [6, 6.07) is 6.23. The summed E-state index contributed by atoms with van der Waals surface area (Å²) >= 11 is 0. The number of aromatic nitrogens is 2. The van der Waals surface area contributed by atoms with E-state index in [0.717, 1.165) is 17.6 Å². The van der Waals surface area contributed by atoms with Crippen molar-refractivity contribution in [3.05, 3.63) is 29.5 Å². The van der Waals surface area contributed by atoms with Gasteiger partial charge in [-0.1, -0.05) is 12.1 Å². The molecule has 0 saturated carbocycles. The molecular weight excluding hydrogens is 174 g/mol. The van der Waals surface area contributed by atoms with Crippen molar-refractivity contribution in [2.45, 2.75) is 26.9 Å². The van der Waals surface area contributed by atoms with E-state index in [1.54, 1.807) is 0 Å². The van der Waals surface area contributed by atoms with Gasteiger partial charge in [-0.05, 0) is 25.5 Å². The van der Waals surface area contributed by atoms with Gasteiger partial charge in [-0.15, -0.1) is 0 Å². The molecule has 74 valence electrons. The van der Waals surface area contributed by atoms with Gasteiger partial charge >= 0.3 is 0 Å². The molecule has 2 rings (SSSR count). The second kappa shape index (κ2) is 3.42. The van der Waals surface area contributed by atoms with Crippen molar-refractivity contribution in [1.82, 2.24) is 9.78 Å². The summed E-state index contributed by atoms with van der Waals surface area (Å²) in [6.07, 6.45) is 0. The Balaban J connectivity index is 2.66. The summed E-state index contributed by atoms with van der Waals surface area (Å²) in [5.41, 5.74) is 9.00. The minimum Gasteiger partial charge on any atom is -0.326 e. The van der Waals surface area contributed by atoms with Gasteiger partial charge in [0.05, 0.1) is 5.52 Å². The van der Waals surface area contributed by atoms with Crippen molar-refractivity contribution in [2.24, 2.45) is 5.73 Å². The van der Waals surface area contributed by atoms with Crippen molar-refractivity contribution < 1.29 is 0 Å². The molecule has 1 aromatic carbocycles. The van der Waals surface area contributed by atoms with Gasteiger partial charge in [-0.25, -0.2) is 0 Å². The van der Waals surface area contributed by atoms with E-state index >= 15 is 0 Å². The van der Waals surface area contributed by atoms with Crippen molar-refractivity contribution in [3.8, 4) is 0 Å². The van der Waals surface area contributed by atoms with E-state index in [2.05, 4.69) is 37.1 Å². The van der Waals surface area contributed by atoms with Crippen LogP contribution in [0.2, 0.25) is 0 Å². The number of nitrogens with two attached hydrogens (primary N) is 1. The molecule has 0 amide bonds. The Kier molecular flexibility index (Phi) is 2.25. The zero-order chi connectivity index (χ0) is 10.1. The zero-order valence-corrected chi connectivity index (χ0v) is 8.62. The Morgan fingerprint density at radius 2 is 2.21 bits per heavy atom. The van der Waals surface area contributed by atoms with Crippen molar-refractivity contribution in [2.75, 3.05) is 0 Å². The second-order valence-corrected chi connectivity index (χ2v) is 3.46. The number of hydrogen-bond acceptors (Lipinski definition) is 2. The monoisotopic (exact) mass is 189 g/mol. The Hall–Kier alpha value is -1.35. The lowest BCUT2D eigenvalue weighted by molar-refractivity contribution is 0.647. The molecule has 1 heterocycles. The first-order valence-corrected chi connectivity index (χ1v) is 4.92. The average Bonchev–Trinajstić information content (AvgIpc) is 2.55.